The molecule has 0 spiro atoms. The summed E-state index contributed by atoms with van der Waals surface area (Å²) in [7, 11) is -2.55. The zero-order chi connectivity index (χ0) is 29.1. The third-order valence-electron chi connectivity index (χ3n) is 6.43. The first-order valence-electron chi connectivity index (χ1n) is 13.1. The molecule has 0 bridgehead atoms. The number of rotatable bonds is 14. The number of carbonyl (C=O) groups excluding carboxylic acids is 2. The maximum Gasteiger partial charge on any atom is 0.244 e. The number of para-hydroxylation sites is 2. The zero-order valence-electron chi connectivity index (χ0n) is 23.0. The van der Waals surface area contributed by atoms with E-state index in [4.69, 9.17) is 4.74 Å². The lowest BCUT2D eigenvalue weighted by atomic mass is 10.0. The monoisotopic (exact) mass is 569 g/mol. The van der Waals surface area contributed by atoms with Crippen molar-refractivity contribution in [3.05, 3.63) is 95.8 Å². The summed E-state index contributed by atoms with van der Waals surface area (Å²) in [5, 5.41) is 2.89. The highest BCUT2D eigenvalue weighted by Gasteiger charge is 2.34. The highest BCUT2D eigenvalue weighted by molar-refractivity contribution is 7.92. The zero-order valence-corrected chi connectivity index (χ0v) is 23.9. The Bertz CT molecular complexity index is 1380. The van der Waals surface area contributed by atoms with Crippen molar-refractivity contribution in [2.24, 2.45) is 0 Å². The average Bonchev–Trinajstić information content (AvgIpc) is 2.94. The Balaban J connectivity index is 2.06. The number of benzene rings is 3. The molecule has 0 unspecified atom stereocenters. The van der Waals surface area contributed by atoms with Crippen LogP contribution in [0.4, 0.5) is 10.1 Å². The Morgan fingerprint density at radius 1 is 0.975 bits per heavy atom. The molecule has 3 rings (SSSR count). The number of hydrogen-bond acceptors (Lipinski definition) is 5. The molecule has 3 aromatic rings. The number of amides is 2. The summed E-state index contributed by atoms with van der Waals surface area (Å²) in [5.41, 5.74) is 1.19. The van der Waals surface area contributed by atoms with Crippen molar-refractivity contribution in [1.29, 1.82) is 0 Å². The van der Waals surface area contributed by atoms with Crippen molar-refractivity contribution < 1.29 is 27.1 Å². The normalized spacial score (nSPS) is 11.9. The molecule has 0 heterocycles. The van der Waals surface area contributed by atoms with Crippen molar-refractivity contribution in [3.8, 4) is 5.75 Å². The molecule has 8 nitrogen and oxygen atoms in total. The van der Waals surface area contributed by atoms with Crippen LogP contribution in [0.1, 0.15) is 30.9 Å². The summed E-state index contributed by atoms with van der Waals surface area (Å²) in [5.74, 6) is -1.33. The summed E-state index contributed by atoms with van der Waals surface area (Å²) < 4.78 is 46.9. The van der Waals surface area contributed by atoms with Crippen LogP contribution in [0.25, 0.3) is 0 Å². The molecule has 10 heteroatoms. The van der Waals surface area contributed by atoms with Gasteiger partial charge in [0.2, 0.25) is 21.8 Å². The van der Waals surface area contributed by atoms with Crippen molar-refractivity contribution in [1.82, 2.24) is 10.2 Å². The molecule has 0 saturated carbocycles. The highest BCUT2D eigenvalue weighted by atomic mass is 32.2. The van der Waals surface area contributed by atoms with E-state index in [0.717, 1.165) is 29.0 Å². The largest absolute Gasteiger partial charge is 0.495 e. The fraction of sp³-hybridized carbons (Fsp3) is 0.333. The smallest absolute Gasteiger partial charge is 0.244 e. The van der Waals surface area contributed by atoms with Crippen LogP contribution in [0, 0.1) is 5.82 Å². The van der Waals surface area contributed by atoms with E-state index in [-0.39, 0.29) is 30.0 Å². The van der Waals surface area contributed by atoms with Crippen molar-refractivity contribution in [2.45, 2.75) is 38.8 Å². The molecular weight excluding hydrogens is 533 g/mol. The van der Waals surface area contributed by atoms with Gasteiger partial charge in [-0.25, -0.2) is 12.8 Å². The van der Waals surface area contributed by atoms with Crippen LogP contribution in [-0.4, -0.2) is 57.6 Å². The predicted molar refractivity (Wildman–Crippen MR) is 154 cm³/mol. The second-order valence-electron chi connectivity index (χ2n) is 9.40. The van der Waals surface area contributed by atoms with Gasteiger partial charge in [0.05, 0.1) is 19.1 Å². The molecule has 40 heavy (non-hydrogen) atoms. The molecule has 2 amide bonds. The Morgan fingerprint density at radius 2 is 1.62 bits per heavy atom. The standard InChI is InChI=1S/C30H36FN3O5S/c1-4-5-19-32-30(36)27(20-23-13-7-6-8-14-23)33(21-24-15-9-10-16-25(24)31)29(35)22-34(40(3,37)38)26-17-11-12-18-28(26)39-2/h6-18,27H,4-5,19-22H2,1-3H3,(H,32,36)/t27-/m1/s1. The van der Waals surface area contributed by atoms with Crippen LogP contribution in [0.2, 0.25) is 0 Å². The number of ether oxygens (including phenoxy) is 1. The Labute approximate surface area is 235 Å². The first-order chi connectivity index (χ1) is 19.2. The first-order valence-corrected chi connectivity index (χ1v) is 15.0. The van der Waals surface area contributed by atoms with Crippen molar-refractivity contribution in [2.75, 3.05) is 30.8 Å². The van der Waals surface area contributed by atoms with Crippen molar-refractivity contribution >= 4 is 27.5 Å². The number of carbonyl (C=O) groups is 2. The van der Waals surface area contributed by atoms with Gasteiger partial charge in [0.25, 0.3) is 0 Å². The molecule has 0 aliphatic carbocycles. The number of hydrogen-bond donors (Lipinski definition) is 1. The van der Waals surface area contributed by atoms with Gasteiger partial charge in [0, 0.05) is 25.1 Å². The van der Waals surface area contributed by atoms with Crippen LogP contribution < -0.4 is 14.4 Å². The molecular formula is C30H36FN3O5S. The number of halogens is 1. The van der Waals surface area contributed by atoms with E-state index < -0.39 is 40.2 Å². The van der Waals surface area contributed by atoms with Gasteiger partial charge in [0.15, 0.2) is 0 Å². The quantitative estimate of drug-likeness (QED) is 0.294. The molecule has 0 aliphatic heterocycles. The number of methoxy groups -OCH3 is 1. The number of anilines is 1. The van der Waals surface area contributed by atoms with E-state index in [1.165, 1.54) is 30.2 Å². The molecule has 3 aromatic carbocycles. The van der Waals surface area contributed by atoms with Gasteiger partial charge in [-0.05, 0) is 30.2 Å². The highest BCUT2D eigenvalue weighted by Crippen LogP contribution is 2.30. The average molecular weight is 570 g/mol. The molecule has 0 fully saturated rings. The van der Waals surface area contributed by atoms with Crippen LogP contribution in [0.5, 0.6) is 5.75 Å². The minimum atomic E-state index is -3.95. The second kappa shape index (κ2) is 14.5. The lowest BCUT2D eigenvalue weighted by Crippen LogP contribution is -2.53. The second-order valence-corrected chi connectivity index (χ2v) is 11.3. The predicted octanol–water partition coefficient (Wildman–Crippen LogP) is 4.16. The maximum absolute atomic E-state index is 14.8. The number of nitrogens with zero attached hydrogens (tertiary/aromatic N) is 2. The fourth-order valence-corrected chi connectivity index (χ4v) is 5.15. The molecule has 214 valence electrons. The van der Waals surface area contributed by atoms with Crippen LogP contribution in [0.3, 0.4) is 0 Å². The van der Waals surface area contributed by atoms with E-state index in [9.17, 15) is 22.4 Å². The van der Waals surface area contributed by atoms with E-state index in [1.807, 2.05) is 37.3 Å². The third kappa shape index (κ3) is 8.29. The van der Waals surface area contributed by atoms with Crippen LogP contribution in [-0.2, 0) is 32.6 Å². The molecule has 0 aliphatic rings. The van der Waals surface area contributed by atoms with Gasteiger partial charge >= 0.3 is 0 Å². The van der Waals surface area contributed by atoms with Gasteiger partial charge < -0.3 is 15.0 Å². The summed E-state index contributed by atoms with van der Waals surface area (Å²) in [4.78, 5) is 28.8. The molecule has 1 N–H and O–H groups in total. The van der Waals surface area contributed by atoms with E-state index in [0.29, 0.717) is 6.54 Å². The van der Waals surface area contributed by atoms with Gasteiger partial charge in [-0.1, -0.05) is 74.0 Å². The van der Waals surface area contributed by atoms with Crippen LogP contribution in [0.15, 0.2) is 78.9 Å². The van der Waals surface area contributed by atoms with Crippen LogP contribution >= 0.6 is 0 Å². The van der Waals surface area contributed by atoms with Gasteiger partial charge in [0.1, 0.15) is 24.2 Å². The maximum atomic E-state index is 14.8. The van der Waals surface area contributed by atoms with Crippen molar-refractivity contribution in [3.63, 3.8) is 0 Å². The topological polar surface area (TPSA) is 96.0 Å². The van der Waals surface area contributed by atoms with E-state index >= 15 is 0 Å². The van der Waals surface area contributed by atoms with Gasteiger partial charge in [-0.2, -0.15) is 0 Å². The Hall–Kier alpha value is -3.92. The fourth-order valence-electron chi connectivity index (χ4n) is 4.30. The summed E-state index contributed by atoms with van der Waals surface area (Å²) in [6.45, 7) is 1.58. The molecule has 0 aromatic heterocycles. The Morgan fingerprint density at radius 3 is 2.27 bits per heavy atom. The molecule has 1 atom stereocenters. The third-order valence-corrected chi connectivity index (χ3v) is 7.56. The number of unbranched alkanes of at least 4 members (excludes halogenated alkanes) is 1. The van der Waals surface area contributed by atoms with Gasteiger partial charge in [-0.3, -0.25) is 13.9 Å². The molecule has 0 radical (unpaired) electrons. The van der Waals surface area contributed by atoms with E-state index in [1.54, 1.807) is 30.3 Å². The van der Waals surface area contributed by atoms with Gasteiger partial charge in [-0.15, -0.1) is 0 Å². The Kier molecular flexibility index (Phi) is 11.1. The number of nitrogens with one attached hydrogen (secondary N) is 1. The summed E-state index contributed by atoms with van der Waals surface area (Å²) in [6, 6.07) is 20.6. The van der Waals surface area contributed by atoms with E-state index in [2.05, 4.69) is 5.32 Å². The summed E-state index contributed by atoms with van der Waals surface area (Å²) >= 11 is 0. The first kappa shape index (κ1) is 30.6. The lowest BCUT2D eigenvalue weighted by molar-refractivity contribution is -0.140. The molecule has 0 saturated heterocycles. The number of sulfonamides is 1. The lowest BCUT2D eigenvalue weighted by Gasteiger charge is -2.33. The SMILES string of the molecule is CCCCNC(=O)[C@@H](Cc1ccccc1)N(Cc1ccccc1F)C(=O)CN(c1ccccc1OC)S(C)(=O)=O. The minimum Gasteiger partial charge on any atom is -0.495 e. The summed E-state index contributed by atoms with van der Waals surface area (Å²) in [6.07, 6.45) is 2.77. The minimum absolute atomic E-state index is 0.159.